The molecule has 0 saturated carbocycles. The molecule has 2 aliphatic heterocycles. The average molecular weight is 468 g/mol. The Balaban J connectivity index is 1.18. The summed E-state index contributed by atoms with van der Waals surface area (Å²) in [6.07, 6.45) is 3.94. The quantitative estimate of drug-likeness (QED) is 0.553. The number of nitrogens with zero attached hydrogens (tertiary/aromatic N) is 3. The first kappa shape index (κ1) is 22.9. The van der Waals surface area contributed by atoms with Gasteiger partial charge in [0.05, 0.1) is 16.7 Å². The van der Waals surface area contributed by atoms with Gasteiger partial charge >= 0.3 is 5.69 Å². The molecule has 0 spiro atoms. The van der Waals surface area contributed by atoms with Gasteiger partial charge in [-0.15, -0.1) is 0 Å². The molecule has 0 aliphatic carbocycles. The monoisotopic (exact) mass is 467 g/mol. The highest BCUT2D eigenvalue weighted by Crippen LogP contribution is 2.29. The van der Waals surface area contributed by atoms with Crippen molar-refractivity contribution in [2.24, 2.45) is 11.8 Å². The zero-order valence-electron chi connectivity index (χ0n) is 19.7. The zero-order chi connectivity index (χ0) is 23.5. The highest BCUT2D eigenvalue weighted by atomic mass is 16.5. The molecule has 3 aromatic rings. The number of nitrogens with one attached hydrogen (secondary N) is 2. The molecule has 9 nitrogen and oxygen atoms in total. The van der Waals surface area contributed by atoms with E-state index >= 15 is 0 Å². The fraction of sp³-hybridized carbons (Fsp3) is 0.560. The van der Waals surface area contributed by atoms with Crippen LogP contribution in [-0.4, -0.2) is 58.8 Å². The van der Waals surface area contributed by atoms with Gasteiger partial charge in [0, 0.05) is 38.7 Å². The molecule has 34 heavy (non-hydrogen) atoms. The van der Waals surface area contributed by atoms with Crippen LogP contribution >= 0.6 is 0 Å². The van der Waals surface area contributed by atoms with Crippen LogP contribution < -0.4 is 11.0 Å². The fourth-order valence-corrected chi connectivity index (χ4v) is 5.58. The summed E-state index contributed by atoms with van der Waals surface area (Å²) >= 11 is 0. The number of aromatic amines is 1. The number of fused-ring (bicyclic) bond motifs is 1. The number of benzene rings is 1. The molecule has 1 aromatic carbocycles. The Morgan fingerprint density at radius 1 is 1.21 bits per heavy atom. The van der Waals surface area contributed by atoms with Crippen LogP contribution in [0.3, 0.4) is 0 Å². The van der Waals surface area contributed by atoms with E-state index in [0.29, 0.717) is 38.0 Å². The molecule has 2 aromatic heterocycles. The molecule has 2 saturated heterocycles. The van der Waals surface area contributed by atoms with E-state index in [2.05, 4.69) is 15.5 Å². The van der Waals surface area contributed by atoms with Crippen molar-refractivity contribution in [2.75, 3.05) is 33.3 Å². The van der Waals surface area contributed by atoms with Gasteiger partial charge in [0.1, 0.15) is 6.61 Å². The second-order valence-corrected chi connectivity index (χ2v) is 9.57. The number of carbonyl (C=O) groups excluding carboxylic acids is 1. The number of likely N-dealkylation sites (tertiary alicyclic amines) is 1. The first-order valence-corrected chi connectivity index (χ1v) is 12.2. The van der Waals surface area contributed by atoms with Crippen LogP contribution in [0.15, 0.2) is 39.6 Å². The SMILES string of the molecule is COCc1cc(CC2CNCCC2CC(=O)N2CCC(n3c(=O)[nH]c4ccccc43)CC2)no1. The molecule has 0 radical (unpaired) electrons. The number of amides is 1. The zero-order valence-corrected chi connectivity index (χ0v) is 19.7. The van der Waals surface area contributed by atoms with E-state index in [0.717, 1.165) is 61.3 Å². The van der Waals surface area contributed by atoms with Crippen molar-refractivity contribution in [1.29, 1.82) is 0 Å². The lowest BCUT2D eigenvalue weighted by atomic mass is 9.81. The van der Waals surface area contributed by atoms with E-state index in [1.165, 1.54) is 0 Å². The normalized spacial score (nSPS) is 21.9. The lowest BCUT2D eigenvalue weighted by molar-refractivity contribution is -0.134. The molecule has 4 heterocycles. The Morgan fingerprint density at radius 2 is 2.03 bits per heavy atom. The second-order valence-electron chi connectivity index (χ2n) is 9.57. The maximum absolute atomic E-state index is 13.2. The molecule has 9 heteroatoms. The highest BCUT2D eigenvalue weighted by Gasteiger charge is 2.31. The minimum atomic E-state index is -0.0648. The number of piperidine rings is 2. The van der Waals surface area contributed by atoms with Crippen molar-refractivity contribution in [3.63, 3.8) is 0 Å². The van der Waals surface area contributed by atoms with Crippen molar-refractivity contribution < 1.29 is 14.1 Å². The number of hydrogen-bond donors (Lipinski definition) is 2. The van der Waals surface area contributed by atoms with E-state index < -0.39 is 0 Å². The van der Waals surface area contributed by atoms with E-state index in [9.17, 15) is 9.59 Å². The minimum absolute atomic E-state index is 0.0648. The molecule has 2 fully saturated rings. The summed E-state index contributed by atoms with van der Waals surface area (Å²) in [6.45, 7) is 3.62. The summed E-state index contributed by atoms with van der Waals surface area (Å²) in [6, 6.07) is 9.87. The Kier molecular flexibility index (Phi) is 6.82. The van der Waals surface area contributed by atoms with Gasteiger partial charge in [-0.1, -0.05) is 17.3 Å². The summed E-state index contributed by atoms with van der Waals surface area (Å²) in [7, 11) is 1.64. The molecule has 5 rings (SSSR count). The van der Waals surface area contributed by atoms with Crippen molar-refractivity contribution in [3.8, 4) is 0 Å². The molecule has 2 unspecified atom stereocenters. The number of imidazole rings is 1. The van der Waals surface area contributed by atoms with Gasteiger partial charge in [0.25, 0.3) is 0 Å². The standard InChI is InChI=1S/C25H33N5O4/c1-33-16-21-14-19(28-34-21)12-18-15-26-9-6-17(18)13-24(31)29-10-7-20(8-11-29)30-23-5-3-2-4-22(23)27-25(30)32/h2-5,14,17-18,20,26H,6-13,15-16H2,1H3,(H,27,32). The van der Waals surface area contributed by atoms with Crippen molar-refractivity contribution in [3.05, 3.63) is 52.3 Å². The van der Waals surface area contributed by atoms with Crippen LogP contribution in [0.4, 0.5) is 0 Å². The number of para-hydroxylation sites is 2. The van der Waals surface area contributed by atoms with Gasteiger partial charge in [-0.05, 0) is 62.7 Å². The van der Waals surface area contributed by atoms with Crippen LogP contribution in [0.2, 0.25) is 0 Å². The average Bonchev–Trinajstić information content (AvgIpc) is 3.43. The summed E-state index contributed by atoms with van der Waals surface area (Å²) < 4.78 is 12.3. The Hall–Kier alpha value is -2.91. The highest BCUT2D eigenvalue weighted by molar-refractivity contribution is 5.77. The Labute approximate surface area is 198 Å². The predicted molar refractivity (Wildman–Crippen MR) is 127 cm³/mol. The number of carbonyl (C=O) groups is 1. The summed E-state index contributed by atoms with van der Waals surface area (Å²) in [5.74, 6) is 1.62. The Morgan fingerprint density at radius 3 is 2.85 bits per heavy atom. The molecule has 0 bridgehead atoms. The largest absolute Gasteiger partial charge is 0.377 e. The smallest absolute Gasteiger partial charge is 0.326 e. The van der Waals surface area contributed by atoms with E-state index in [1.807, 2.05) is 39.8 Å². The fourth-order valence-electron chi connectivity index (χ4n) is 5.58. The van der Waals surface area contributed by atoms with Gasteiger partial charge in [0.2, 0.25) is 5.91 Å². The Bertz CT molecular complexity index is 1170. The van der Waals surface area contributed by atoms with Gasteiger partial charge in [-0.2, -0.15) is 0 Å². The van der Waals surface area contributed by atoms with Crippen molar-refractivity contribution >= 4 is 16.9 Å². The number of rotatable bonds is 7. The molecule has 182 valence electrons. The van der Waals surface area contributed by atoms with Crippen molar-refractivity contribution in [2.45, 2.75) is 44.8 Å². The number of H-pyrrole nitrogens is 1. The van der Waals surface area contributed by atoms with Crippen molar-refractivity contribution in [1.82, 2.24) is 24.9 Å². The van der Waals surface area contributed by atoms with Gasteiger partial charge in [-0.3, -0.25) is 9.36 Å². The predicted octanol–water partition coefficient (Wildman–Crippen LogP) is 2.49. The first-order valence-electron chi connectivity index (χ1n) is 12.2. The number of aromatic nitrogens is 3. The summed E-state index contributed by atoms with van der Waals surface area (Å²) in [5.41, 5.74) is 2.66. The van der Waals surface area contributed by atoms with Gasteiger partial charge in [0.15, 0.2) is 5.76 Å². The van der Waals surface area contributed by atoms with E-state index in [1.54, 1.807) is 7.11 Å². The van der Waals surface area contributed by atoms with Crippen LogP contribution in [0, 0.1) is 11.8 Å². The maximum Gasteiger partial charge on any atom is 0.326 e. The van der Waals surface area contributed by atoms with Crippen LogP contribution in [0.25, 0.3) is 11.0 Å². The topological polar surface area (TPSA) is 105 Å². The van der Waals surface area contributed by atoms with E-state index in [4.69, 9.17) is 9.26 Å². The second kappa shape index (κ2) is 10.1. The lowest BCUT2D eigenvalue weighted by Crippen LogP contribution is -2.44. The molecular formula is C25H33N5O4. The molecule has 1 amide bonds. The molecule has 2 aliphatic rings. The minimum Gasteiger partial charge on any atom is -0.377 e. The number of ether oxygens (including phenoxy) is 1. The van der Waals surface area contributed by atoms with Crippen LogP contribution in [0.1, 0.15) is 43.2 Å². The van der Waals surface area contributed by atoms with Gasteiger partial charge in [-0.25, -0.2) is 4.79 Å². The van der Waals surface area contributed by atoms with E-state index in [-0.39, 0.29) is 17.6 Å². The summed E-state index contributed by atoms with van der Waals surface area (Å²) in [4.78, 5) is 30.7. The molecular weight excluding hydrogens is 434 g/mol. The number of hydrogen-bond acceptors (Lipinski definition) is 6. The third-order valence-electron chi connectivity index (χ3n) is 7.37. The van der Waals surface area contributed by atoms with Gasteiger partial charge < -0.3 is 24.5 Å². The molecule has 2 N–H and O–H groups in total. The number of methoxy groups -OCH3 is 1. The van der Waals surface area contributed by atoms with Crippen LogP contribution in [-0.2, 0) is 22.6 Å². The first-order chi connectivity index (χ1) is 16.6. The lowest BCUT2D eigenvalue weighted by Gasteiger charge is -2.36. The summed E-state index contributed by atoms with van der Waals surface area (Å²) in [5, 5.41) is 7.65. The van der Waals surface area contributed by atoms with Crippen LogP contribution in [0.5, 0.6) is 0 Å². The molecule has 2 atom stereocenters. The third-order valence-corrected chi connectivity index (χ3v) is 7.37. The third kappa shape index (κ3) is 4.81. The maximum atomic E-state index is 13.2.